The van der Waals surface area contributed by atoms with Crippen LogP contribution in [0.1, 0.15) is 11.4 Å². The number of carbonyl (C=O) groups is 1. The molecule has 4 nitrogen and oxygen atoms in total. The highest BCUT2D eigenvalue weighted by Gasteiger charge is 2.09. The van der Waals surface area contributed by atoms with Gasteiger partial charge in [-0.2, -0.15) is 0 Å². The third-order valence-electron chi connectivity index (χ3n) is 3.39. The summed E-state index contributed by atoms with van der Waals surface area (Å²) in [7, 11) is 0. The topological polar surface area (TPSA) is 54.9 Å². The van der Waals surface area contributed by atoms with Gasteiger partial charge in [0.25, 0.3) is 0 Å². The Balaban J connectivity index is 1.52. The number of halogens is 1. The van der Waals surface area contributed by atoms with Gasteiger partial charge in [-0.15, -0.1) is 11.3 Å². The molecule has 0 aliphatic carbocycles. The van der Waals surface area contributed by atoms with Crippen LogP contribution in [0.2, 0.25) is 0 Å². The molecule has 0 saturated heterocycles. The molecular weight excluding hydrogens is 386 g/mol. The molecule has 0 saturated carbocycles. The van der Waals surface area contributed by atoms with Crippen LogP contribution in [0, 0.1) is 0 Å². The molecule has 0 fully saturated rings. The lowest BCUT2D eigenvalue weighted by molar-refractivity contribution is -0.120. The molecule has 1 aromatic carbocycles. The average molecular weight is 402 g/mol. The molecule has 1 N–H and O–H groups in total. The summed E-state index contributed by atoms with van der Waals surface area (Å²) in [6.45, 7) is 0.582. The minimum atomic E-state index is -0.0166. The van der Waals surface area contributed by atoms with E-state index in [4.69, 9.17) is 0 Å². The summed E-state index contributed by atoms with van der Waals surface area (Å²) in [6, 6.07) is 13.8. The van der Waals surface area contributed by atoms with Gasteiger partial charge in [0.05, 0.1) is 12.1 Å². The zero-order chi connectivity index (χ0) is 16.8. The van der Waals surface area contributed by atoms with E-state index in [9.17, 15) is 4.79 Å². The largest absolute Gasteiger partial charge is 0.355 e. The summed E-state index contributed by atoms with van der Waals surface area (Å²) in [5.74, 6) is -0.0166. The van der Waals surface area contributed by atoms with Crippen LogP contribution in [0.5, 0.6) is 0 Å². The number of hydrogen-bond donors (Lipinski definition) is 1. The second-order valence-electron chi connectivity index (χ2n) is 5.25. The first kappa shape index (κ1) is 16.8. The van der Waals surface area contributed by atoms with Crippen molar-refractivity contribution in [1.29, 1.82) is 0 Å². The van der Waals surface area contributed by atoms with E-state index in [-0.39, 0.29) is 5.91 Å². The van der Waals surface area contributed by atoms with Gasteiger partial charge in [-0.05, 0) is 24.3 Å². The second-order valence-corrected chi connectivity index (χ2v) is 7.03. The molecule has 2 heterocycles. The van der Waals surface area contributed by atoms with E-state index in [0.29, 0.717) is 13.0 Å². The minimum Gasteiger partial charge on any atom is -0.355 e. The molecule has 0 atom stereocenters. The maximum atomic E-state index is 12.0. The monoisotopic (exact) mass is 401 g/mol. The highest BCUT2D eigenvalue weighted by atomic mass is 79.9. The Morgan fingerprint density at radius 3 is 2.88 bits per heavy atom. The Labute approximate surface area is 153 Å². The number of pyridine rings is 1. The predicted molar refractivity (Wildman–Crippen MR) is 99.9 cm³/mol. The van der Waals surface area contributed by atoms with Crippen molar-refractivity contribution in [3.8, 4) is 10.6 Å². The summed E-state index contributed by atoms with van der Waals surface area (Å²) in [5, 5.41) is 5.78. The van der Waals surface area contributed by atoms with Crippen LogP contribution >= 0.6 is 27.3 Å². The summed E-state index contributed by atoms with van der Waals surface area (Å²) in [6.07, 6.45) is 2.79. The van der Waals surface area contributed by atoms with Crippen LogP contribution in [-0.4, -0.2) is 22.4 Å². The predicted octanol–water partition coefficient (Wildman–Crippen LogP) is 3.87. The van der Waals surface area contributed by atoms with Crippen molar-refractivity contribution in [2.45, 2.75) is 12.8 Å². The van der Waals surface area contributed by atoms with E-state index in [1.54, 1.807) is 17.5 Å². The Bertz CT molecular complexity index is 820. The number of carbonyl (C=O) groups excluding carboxylic acids is 1. The second kappa shape index (κ2) is 8.17. The Kier molecular flexibility index (Phi) is 5.72. The van der Waals surface area contributed by atoms with Gasteiger partial charge in [-0.25, -0.2) is 4.98 Å². The van der Waals surface area contributed by atoms with Crippen LogP contribution in [0.3, 0.4) is 0 Å². The number of benzene rings is 1. The Morgan fingerprint density at radius 1 is 1.17 bits per heavy atom. The molecule has 24 heavy (non-hydrogen) atoms. The number of nitrogens with one attached hydrogen (secondary N) is 1. The molecule has 1 amide bonds. The van der Waals surface area contributed by atoms with Gasteiger partial charge in [-0.1, -0.05) is 34.1 Å². The highest BCUT2D eigenvalue weighted by molar-refractivity contribution is 9.10. The van der Waals surface area contributed by atoms with Crippen molar-refractivity contribution in [2.75, 3.05) is 6.54 Å². The summed E-state index contributed by atoms with van der Waals surface area (Å²) < 4.78 is 1.02. The number of rotatable bonds is 6. The molecule has 0 bridgehead atoms. The van der Waals surface area contributed by atoms with Gasteiger partial charge in [0.1, 0.15) is 5.01 Å². The van der Waals surface area contributed by atoms with Crippen molar-refractivity contribution in [3.05, 3.63) is 69.9 Å². The molecule has 0 aliphatic heterocycles. The van der Waals surface area contributed by atoms with Gasteiger partial charge in [-0.3, -0.25) is 9.78 Å². The standard InChI is InChI=1S/C18H16BrN3OS/c19-14-5-3-4-13(10-14)18-22-16(12-24-18)11-17(23)21-9-7-15-6-1-2-8-20-15/h1-6,8,10,12H,7,9,11H2,(H,21,23). The van der Waals surface area contributed by atoms with Crippen LogP contribution < -0.4 is 5.32 Å². The molecule has 0 spiro atoms. The summed E-state index contributed by atoms with van der Waals surface area (Å²) in [5.41, 5.74) is 2.82. The molecule has 0 unspecified atom stereocenters. The van der Waals surface area contributed by atoms with Gasteiger partial charge in [0, 0.05) is 40.3 Å². The first-order valence-electron chi connectivity index (χ1n) is 7.57. The van der Waals surface area contributed by atoms with Crippen LogP contribution in [0.25, 0.3) is 10.6 Å². The van der Waals surface area contributed by atoms with E-state index >= 15 is 0 Å². The number of aromatic nitrogens is 2. The number of nitrogens with zero attached hydrogens (tertiary/aromatic N) is 2. The third kappa shape index (κ3) is 4.72. The zero-order valence-electron chi connectivity index (χ0n) is 12.9. The SMILES string of the molecule is O=C(Cc1csc(-c2cccc(Br)c2)n1)NCCc1ccccn1. The van der Waals surface area contributed by atoms with Crippen molar-refractivity contribution in [3.63, 3.8) is 0 Å². The van der Waals surface area contributed by atoms with Crippen LogP contribution in [-0.2, 0) is 17.6 Å². The van der Waals surface area contributed by atoms with Gasteiger partial charge >= 0.3 is 0 Å². The number of hydrogen-bond acceptors (Lipinski definition) is 4. The van der Waals surface area contributed by atoms with Gasteiger partial charge in [0.2, 0.25) is 5.91 Å². The molecule has 122 valence electrons. The fourth-order valence-corrected chi connectivity index (χ4v) is 3.46. The van der Waals surface area contributed by atoms with Gasteiger partial charge in [0.15, 0.2) is 0 Å². The fraction of sp³-hybridized carbons (Fsp3) is 0.167. The Morgan fingerprint density at radius 2 is 2.08 bits per heavy atom. The van der Waals surface area contributed by atoms with Crippen LogP contribution in [0.15, 0.2) is 58.5 Å². The highest BCUT2D eigenvalue weighted by Crippen LogP contribution is 2.26. The number of amides is 1. The first-order chi connectivity index (χ1) is 11.7. The maximum Gasteiger partial charge on any atom is 0.226 e. The quantitative estimate of drug-likeness (QED) is 0.681. The fourth-order valence-electron chi connectivity index (χ4n) is 2.25. The van der Waals surface area contributed by atoms with E-state index in [0.717, 1.165) is 32.9 Å². The minimum absolute atomic E-state index is 0.0166. The lowest BCUT2D eigenvalue weighted by Crippen LogP contribution is -2.27. The van der Waals surface area contributed by atoms with E-state index in [2.05, 4.69) is 31.2 Å². The third-order valence-corrected chi connectivity index (χ3v) is 4.83. The number of thiazole rings is 1. The first-order valence-corrected chi connectivity index (χ1v) is 9.25. The van der Waals surface area contributed by atoms with E-state index in [1.807, 2.05) is 47.8 Å². The van der Waals surface area contributed by atoms with Crippen molar-refractivity contribution >= 4 is 33.2 Å². The van der Waals surface area contributed by atoms with Crippen molar-refractivity contribution in [2.24, 2.45) is 0 Å². The Hall–Kier alpha value is -2.05. The summed E-state index contributed by atoms with van der Waals surface area (Å²) >= 11 is 5.01. The molecule has 0 radical (unpaired) electrons. The van der Waals surface area contributed by atoms with Crippen molar-refractivity contribution < 1.29 is 4.79 Å². The maximum absolute atomic E-state index is 12.0. The summed E-state index contributed by atoms with van der Waals surface area (Å²) in [4.78, 5) is 20.8. The normalized spacial score (nSPS) is 10.5. The molecule has 6 heteroatoms. The van der Waals surface area contributed by atoms with E-state index in [1.165, 1.54) is 0 Å². The zero-order valence-corrected chi connectivity index (χ0v) is 15.3. The van der Waals surface area contributed by atoms with Crippen LogP contribution in [0.4, 0.5) is 0 Å². The molecular formula is C18H16BrN3OS. The lowest BCUT2D eigenvalue weighted by atomic mass is 10.2. The molecule has 2 aromatic heterocycles. The smallest absolute Gasteiger partial charge is 0.226 e. The molecule has 3 rings (SSSR count). The molecule has 3 aromatic rings. The lowest BCUT2D eigenvalue weighted by Gasteiger charge is -2.03. The average Bonchev–Trinajstić information content (AvgIpc) is 3.04. The van der Waals surface area contributed by atoms with E-state index < -0.39 is 0 Å². The van der Waals surface area contributed by atoms with Crippen molar-refractivity contribution in [1.82, 2.24) is 15.3 Å². The molecule has 0 aliphatic rings. The van der Waals surface area contributed by atoms with Gasteiger partial charge < -0.3 is 5.32 Å².